The van der Waals surface area contributed by atoms with E-state index in [9.17, 15) is 4.79 Å². The molecule has 1 spiro atoms. The predicted molar refractivity (Wildman–Crippen MR) is 83.2 cm³/mol. The van der Waals surface area contributed by atoms with Crippen LogP contribution in [0, 0.1) is 16.9 Å². The second-order valence-corrected chi connectivity index (χ2v) is 11.7. The van der Waals surface area contributed by atoms with Crippen LogP contribution >= 0.6 is 0 Å². The monoisotopic (exact) mass is 300 g/mol. The summed E-state index contributed by atoms with van der Waals surface area (Å²) in [5.41, 5.74) is 5.08. The minimum absolute atomic E-state index is 0.0737. The Morgan fingerprint density at radius 3 is 2.71 bits per heavy atom. The fraction of sp³-hybridized carbons (Fsp3) is 0.500. The van der Waals surface area contributed by atoms with Gasteiger partial charge in [0.1, 0.15) is 14.2 Å². The maximum absolute atomic E-state index is 11.5. The lowest BCUT2D eigenvalue weighted by Crippen LogP contribution is -2.47. The number of aromatic nitrogens is 1. The second kappa shape index (κ2) is 4.97. The number of nitrogens with one attached hydrogen (secondary N) is 1. The van der Waals surface area contributed by atoms with E-state index in [1.54, 1.807) is 0 Å². The quantitative estimate of drug-likeness (QED) is 0.636. The average molecular weight is 300 g/mol. The van der Waals surface area contributed by atoms with Crippen LogP contribution < -0.4 is 5.32 Å². The lowest BCUT2D eigenvalue weighted by molar-refractivity contribution is -0.183. The number of hydrogen-bond donors (Lipinski definition) is 1. The molecule has 0 aromatic carbocycles. The normalized spacial score (nSPS) is 27.8. The topological polar surface area (TPSA) is 51.2 Å². The highest BCUT2D eigenvalue weighted by atomic mass is 28.3. The fourth-order valence-electron chi connectivity index (χ4n) is 2.70. The van der Waals surface area contributed by atoms with Crippen molar-refractivity contribution in [3.05, 3.63) is 29.6 Å². The maximum atomic E-state index is 11.5. The summed E-state index contributed by atoms with van der Waals surface area (Å²) in [6.45, 7) is 7.98. The SMILES string of the molecule is C[Si](C)(C)C#Cc1ccc(C2OCC23CNC(=O)C3)nc1. The molecule has 110 valence electrons. The van der Waals surface area contributed by atoms with Gasteiger partial charge in [-0.05, 0) is 12.1 Å². The van der Waals surface area contributed by atoms with E-state index in [1.807, 2.05) is 18.3 Å². The van der Waals surface area contributed by atoms with E-state index >= 15 is 0 Å². The van der Waals surface area contributed by atoms with E-state index in [0.29, 0.717) is 19.6 Å². The molecular weight excluding hydrogens is 280 g/mol. The van der Waals surface area contributed by atoms with Crippen molar-refractivity contribution >= 4 is 14.0 Å². The first-order valence-electron chi connectivity index (χ1n) is 7.25. The number of carbonyl (C=O) groups excluding carboxylic acids is 1. The van der Waals surface area contributed by atoms with Gasteiger partial charge in [-0.3, -0.25) is 9.78 Å². The summed E-state index contributed by atoms with van der Waals surface area (Å²) in [5, 5.41) is 2.90. The van der Waals surface area contributed by atoms with Gasteiger partial charge in [0.2, 0.25) is 5.91 Å². The van der Waals surface area contributed by atoms with Crippen LogP contribution in [0.25, 0.3) is 0 Å². The molecular formula is C16H20N2O2Si. The summed E-state index contributed by atoms with van der Waals surface area (Å²) >= 11 is 0. The first kappa shape index (κ1) is 14.3. The molecule has 3 heterocycles. The van der Waals surface area contributed by atoms with Crippen LogP contribution in [0.2, 0.25) is 19.6 Å². The molecule has 4 nitrogen and oxygen atoms in total. The Morgan fingerprint density at radius 2 is 2.24 bits per heavy atom. The third-order valence-corrected chi connectivity index (χ3v) is 4.76. The Balaban J connectivity index is 1.76. The number of carbonyl (C=O) groups is 1. The fourth-order valence-corrected chi connectivity index (χ4v) is 3.22. The molecule has 0 aliphatic carbocycles. The first-order valence-corrected chi connectivity index (χ1v) is 10.8. The van der Waals surface area contributed by atoms with Crippen molar-refractivity contribution in [1.82, 2.24) is 10.3 Å². The zero-order valence-electron chi connectivity index (χ0n) is 12.7. The molecule has 2 unspecified atom stereocenters. The molecule has 2 aliphatic rings. The first-order chi connectivity index (χ1) is 9.88. The Morgan fingerprint density at radius 1 is 1.43 bits per heavy atom. The molecule has 2 aliphatic heterocycles. The van der Waals surface area contributed by atoms with Gasteiger partial charge in [-0.15, -0.1) is 5.54 Å². The van der Waals surface area contributed by atoms with Gasteiger partial charge >= 0.3 is 0 Å². The molecule has 2 atom stereocenters. The van der Waals surface area contributed by atoms with Crippen molar-refractivity contribution in [3.63, 3.8) is 0 Å². The van der Waals surface area contributed by atoms with Gasteiger partial charge in [0, 0.05) is 24.7 Å². The molecule has 1 N–H and O–H groups in total. The van der Waals surface area contributed by atoms with E-state index < -0.39 is 8.07 Å². The van der Waals surface area contributed by atoms with Crippen LogP contribution in [-0.4, -0.2) is 32.1 Å². The van der Waals surface area contributed by atoms with Gasteiger partial charge < -0.3 is 10.1 Å². The van der Waals surface area contributed by atoms with Crippen LogP contribution in [0.1, 0.15) is 23.8 Å². The third-order valence-electron chi connectivity index (χ3n) is 3.88. The Labute approximate surface area is 126 Å². The highest BCUT2D eigenvalue weighted by Crippen LogP contribution is 2.49. The zero-order chi connectivity index (χ0) is 15.1. The van der Waals surface area contributed by atoms with E-state index in [0.717, 1.165) is 11.3 Å². The molecule has 1 aromatic rings. The van der Waals surface area contributed by atoms with Crippen LogP contribution in [0.15, 0.2) is 18.3 Å². The Bertz CT molecular complexity index is 624. The van der Waals surface area contributed by atoms with Gasteiger partial charge in [0.15, 0.2) is 0 Å². The van der Waals surface area contributed by atoms with Crippen LogP contribution in [0.5, 0.6) is 0 Å². The van der Waals surface area contributed by atoms with Crippen LogP contribution in [0.4, 0.5) is 0 Å². The maximum Gasteiger partial charge on any atom is 0.220 e. The van der Waals surface area contributed by atoms with Gasteiger partial charge in [0.25, 0.3) is 0 Å². The van der Waals surface area contributed by atoms with Gasteiger partial charge in [0.05, 0.1) is 17.7 Å². The molecule has 1 amide bonds. The lowest BCUT2D eigenvalue weighted by Gasteiger charge is -2.45. The molecule has 2 saturated heterocycles. The smallest absolute Gasteiger partial charge is 0.220 e. The number of nitrogens with zero attached hydrogens (tertiary/aromatic N) is 1. The van der Waals surface area contributed by atoms with Gasteiger partial charge in [-0.2, -0.15) is 0 Å². The Kier molecular flexibility index (Phi) is 3.38. The molecule has 21 heavy (non-hydrogen) atoms. The van der Waals surface area contributed by atoms with E-state index in [2.05, 4.69) is 41.4 Å². The molecule has 2 fully saturated rings. The average Bonchev–Trinajstić information content (AvgIpc) is 2.81. The lowest BCUT2D eigenvalue weighted by atomic mass is 9.76. The van der Waals surface area contributed by atoms with Crippen molar-refractivity contribution in [2.45, 2.75) is 32.2 Å². The largest absolute Gasteiger partial charge is 0.370 e. The van der Waals surface area contributed by atoms with Crippen molar-refractivity contribution in [1.29, 1.82) is 0 Å². The molecule has 3 rings (SSSR count). The Hall–Kier alpha value is -1.64. The summed E-state index contributed by atoms with van der Waals surface area (Å²) in [6.07, 6.45) is 2.27. The van der Waals surface area contributed by atoms with Gasteiger partial charge in [-0.1, -0.05) is 25.6 Å². The van der Waals surface area contributed by atoms with Crippen molar-refractivity contribution in [2.24, 2.45) is 5.41 Å². The van der Waals surface area contributed by atoms with Crippen molar-refractivity contribution in [2.75, 3.05) is 13.2 Å². The number of hydrogen-bond acceptors (Lipinski definition) is 3. The standard InChI is InChI=1S/C16H20N2O2Si/c1-21(2,3)7-6-12-4-5-13(17-9-12)15-16(11-20-15)8-14(19)18-10-16/h4-5,9,15H,8,10-11H2,1-3H3,(H,18,19). The minimum atomic E-state index is -1.36. The number of ether oxygens (including phenoxy) is 1. The van der Waals surface area contributed by atoms with Gasteiger partial charge in [-0.25, -0.2) is 0 Å². The summed E-state index contributed by atoms with van der Waals surface area (Å²) < 4.78 is 5.67. The molecule has 5 heteroatoms. The predicted octanol–water partition coefficient (Wildman–Crippen LogP) is 1.89. The molecule has 1 aromatic heterocycles. The zero-order valence-corrected chi connectivity index (χ0v) is 13.7. The highest BCUT2D eigenvalue weighted by molar-refractivity contribution is 6.83. The van der Waals surface area contributed by atoms with E-state index in [1.165, 1.54) is 0 Å². The van der Waals surface area contributed by atoms with E-state index in [4.69, 9.17) is 4.74 Å². The summed E-state index contributed by atoms with van der Waals surface area (Å²) in [6, 6.07) is 3.97. The second-order valence-electron chi connectivity index (χ2n) is 6.98. The van der Waals surface area contributed by atoms with Crippen LogP contribution in [-0.2, 0) is 9.53 Å². The molecule has 0 bridgehead atoms. The minimum Gasteiger partial charge on any atom is -0.370 e. The number of pyridine rings is 1. The van der Waals surface area contributed by atoms with E-state index in [-0.39, 0.29) is 17.4 Å². The van der Waals surface area contributed by atoms with Crippen molar-refractivity contribution in [3.8, 4) is 11.5 Å². The summed E-state index contributed by atoms with van der Waals surface area (Å²) in [7, 11) is -1.36. The van der Waals surface area contributed by atoms with Crippen molar-refractivity contribution < 1.29 is 9.53 Å². The third kappa shape index (κ3) is 2.87. The van der Waals surface area contributed by atoms with Crippen LogP contribution in [0.3, 0.4) is 0 Å². The molecule has 0 radical (unpaired) electrons. The summed E-state index contributed by atoms with van der Waals surface area (Å²) in [4.78, 5) is 16.0. The molecule has 0 saturated carbocycles. The summed E-state index contributed by atoms with van der Waals surface area (Å²) in [5.74, 6) is 3.31. The highest BCUT2D eigenvalue weighted by Gasteiger charge is 2.54. The number of rotatable bonds is 1. The number of amides is 1.